The van der Waals surface area contributed by atoms with Crippen molar-refractivity contribution < 1.29 is 4.74 Å². The first-order valence-electron chi connectivity index (χ1n) is 6.15. The Bertz CT molecular complexity index is 660. The van der Waals surface area contributed by atoms with Crippen LogP contribution in [0.1, 0.15) is 22.4 Å². The summed E-state index contributed by atoms with van der Waals surface area (Å²) in [6, 6.07) is 7.20. The summed E-state index contributed by atoms with van der Waals surface area (Å²) in [4.78, 5) is 4.30. The van der Waals surface area contributed by atoms with Crippen LogP contribution >= 0.6 is 11.6 Å². The first-order chi connectivity index (χ1) is 9.38. The van der Waals surface area contributed by atoms with Gasteiger partial charge in [-0.25, -0.2) is 4.98 Å². The van der Waals surface area contributed by atoms with Crippen molar-refractivity contribution in [2.24, 2.45) is 5.73 Å². The van der Waals surface area contributed by atoms with E-state index < -0.39 is 0 Å². The molecule has 0 spiro atoms. The van der Waals surface area contributed by atoms with E-state index in [9.17, 15) is 0 Å². The minimum Gasteiger partial charge on any atom is -0.438 e. The Labute approximate surface area is 123 Å². The van der Waals surface area contributed by atoms with E-state index in [1.54, 1.807) is 12.1 Å². The van der Waals surface area contributed by atoms with Gasteiger partial charge in [0.15, 0.2) is 0 Å². The third-order valence-corrected chi connectivity index (χ3v) is 3.51. The molecule has 0 aliphatic carbocycles. The molecular weight excluding hydrogens is 274 g/mol. The zero-order valence-corrected chi connectivity index (χ0v) is 12.4. The Morgan fingerprint density at radius 3 is 2.35 bits per heavy atom. The number of halogens is 1. The maximum absolute atomic E-state index is 7.57. The van der Waals surface area contributed by atoms with E-state index >= 15 is 0 Å². The number of hydrogen-bond donors (Lipinski definition) is 2. The van der Waals surface area contributed by atoms with Crippen LogP contribution in [0.2, 0.25) is 5.02 Å². The van der Waals surface area contributed by atoms with Crippen molar-refractivity contribution in [3.63, 3.8) is 0 Å². The molecule has 0 amide bonds. The van der Waals surface area contributed by atoms with Crippen LogP contribution in [0.4, 0.5) is 0 Å². The lowest BCUT2D eigenvalue weighted by molar-refractivity contribution is 0.460. The molecule has 1 aromatic heterocycles. The van der Waals surface area contributed by atoms with Gasteiger partial charge in [0.05, 0.1) is 5.56 Å². The van der Waals surface area contributed by atoms with Gasteiger partial charge in [-0.2, -0.15) is 0 Å². The van der Waals surface area contributed by atoms with Gasteiger partial charge in [-0.15, -0.1) is 0 Å². The van der Waals surface area contributed by atoms with Gasteiger partial charge in [-0.1, -0.05) is 11.6 Å². The van der Waals surface area contributed by atoms with Crippen LogP contribution in [0.3, 0.4) is 0 Å². The number of nitrogens with two attached hydrogens (primary N) is 1. The SMILES string of the molecule is Cc1ccc(C(=N)N)c(Oc2cc(C)c(Cl)c(C)c2)n1. The van der Waals surface area contributed by atoms with Gasteiger partial charge in [0.25, 0.3) is 0 Å². The average Bonchev–Trinajstić information content (AvgIpc) is 2.35. The van der Waals surface area contributed by atoms with Gasteiger partial charge in [-0.3, -0.25) is 5.41 Å². The standard InChI is InChI=1S/C15H16ClN3O/c1-8-6-11(7-9(2)13(8)16)20-15-12(14(17)18)5-4-10(3)19-15/h4-7H,1-3H3,(H3,17,18). The second-order valence-corrected chi connectivity index (χ2v) is 5.07. The molecule has 0 radical (unpaired) electrons. The van der Waals surface area contributed by atoms with Crippen LogP contribution in [-0.2, 0) is 0 Å². The number of rotatable bonds is 3. The molecule has 0 aliphatic heterocycles. The first kappa shape index (κ1) is 14.3. The lowest BCUT2D eigenvalue weighted by Crippen LogP contribution is -2.13. The van der Waals surface area contributed by atoms with Crippen LogP contribution in [0.15, 0.2) is 24.3 Å². The Kier molecular flexibility index (Phi) is 3.95. The predicted octanol–water partition coefficient (Wildman–Crippen LogP) is 3.74. The Morgan fingerprint density at radius 2 is 1.80 bits per heavy atom. The van der Waals surface area contributed by atoms with Crippen molar-refractivity contribution in [2.45, 2.75) is 20.8 Å². The predicted molar refractivity (Wildman–Crippen MR) is 81.0 cm³/mol. The lowest BCUT2D eigenvalue weighted by atomic mass is 10.1. The van der Waals surface area contributed by atoms with Crippen LogP contribution in [-0.4, -0.2) is 10.8 Å². The second kappa shape index (κ2) is 5.51. The van der Waals surface area contributed by atoms with E-state index in [1.165, 1.54) is 0 Å². The average molecular weight is 290 g/mol. The molecule has 4 nitrogen and oxygen atoms in total. The van der Waals surface area contributed by atoms with E-state index in [0.717, 1.165) is 21.8 Å². The molecule has 2 aromatic rings. The number of hydrogen-bond acceptors (Lipinski definition) is 3. The summed E-state index contributed by atoms with van der Waals surface area (Å²) in [7, 11) is 0. The molecule has 104 valence electrons. The van der Waals surface area contributed by atoms with Gasteiger partial charge in [-0.05, 0) is 56.2 Å². The molecule has 0 atom stereocenters. The number of amidine groups is 1. The second-order valence-electron chi connectivity index (χ2n) is 4.69. The van der Waals surface area contributed by atoms with Crippen LogP contribution in [0, 0.1) is 26.2 Å². The highest BCUT2D eigenvalue weighted by molar-refractivity contribution is 6.32. The van der Waals surface area contributed by atoms with Crippen LogP contribution in [0.5, 0.6) is 11.6 Å². The Hall–Kier alpha value is -2.07. The molecular formula is C15H16ClN3O. The van der Waals surface area contributed by atoms with Crippen LogP contribution in [0.25, 0.3) is 0 Å². The van der Waals surface area contributed by atoms with Crippen molar-refractivity contribution in [1.29, 1.82) is 5.41 Å². The van der Waals surface area contributed by atoms with Crippen molar-refractivity contribution >= 4 is 17.4 Å². The number of benzene rings is 1. The zero-order chi connectivity index (χ0) is 14.9. The molecule has 0 bridgehead atoms. The van der Waals surface area contributed by atoms with E-state index in [-0.39, 0.29) is 5.84 Å². The molecule has 20 heavy (non-hydrogen) atoms. The minimum atomic E-state index is -0.0742. The number of aromatic nitrogens is 1. The number of nitrogen functional groups attached to an aromatic ring is 1. The molecule has 1 aromatic carbocycles. The van der Waals surface area contributed by atoms with E-state index in [1.807, 2.05) is 32.9 Å². The van der Waals surface area contributed by atoms with Gasteiger partial charge in [0, 0.05) is 10.7 Å². The first-order valence-corrected chi connectivity index (χ1v) is 6.53. The van der Waals surface area contributed by atoms with E-state index in [4.69, 9.17) is 27.5 Å². The molecule has 0 unspecified atom stereocenters. The molecule has 2 rings (SSSR count). The largest absolute Gasteiger partial charge is 0.438 e. The van der Waals surface area contributed by atoms with Crippen molar-refractivity contribution in [2.75, 3.05) is 0 Å². The highest BCUT2D eigenvalue weighted by Gasteiger charge is 2.11. The van der Waals surface area contributed by atoms with E-state index in [2.05, 4.69) is 4.98 Å². The Balaban J connectivity index is 2.44. The number of ether oxygens (including phenoxy) is 1. The molecule has 0 fully saturated rings. The van der Waals surface area contributed by atoms with Crippen molar-refractivity contribution in [1.82, 2.24) is 4.98 Å². The fourth-order valence-electron chi connectivity index (χ4n) is 1.89. The fraction of sp³-hybridized carbons (Fsp3) is 0.200. The molecule has 0 aliphatic rings. The molecule has 5 heteroatoms. The third kappa shape index (κ3) is 2.91. The van der Waals surface area contributed by atoms with Gasteiger partial charge < -0.3 is 10.5 Å². The smallest absolute Gasteiger partial charge is 0.230 e. The molecule has 3 N–H and O–H groups in total. The van der Waals surface area contributed by atoms with Gasteiger partial charge >= 0.3 is 0 Å². The summed E-state index contributed by atoms with van der Waals surface area (Å²) in [5.74, 6) is 0.888. The minimum absolute atomic E-state index is 0.0742. The quantitative estimate of drug-likeness (QED) is 0.668. The summed E-state index contributed by atoms with van der Waals surface area (Å²) in [5, 5.41) is 8.29. The molecule has 0 saturated heterocycles. The van der Waals surface area contributed by atoms with Gasteiger partial charge in [0.2, 0.25) is 5.88 Å². The number of pyridine rings is 1. The molecule has 0 saturated carbocycles. The summed E-state index contributed by atoms with van der Waals surface area (Å²) in [6.07, 6.45) is 0. The van der Waals surface area contributed by atoms with Crippen LogP contribution < -0.4 is 10.5 Å². The summed E-state index contributed by atoms with van der Waals surface area (Å²) in [5.41, 5.74) is 8.67. The number of aryl methyl sites for hydroxylation is 3. The maximum atomic E-state index is 7.57. The van der Waals surface area contributed by atoms with E-state index in [0.29, 0.717) is 17.2 Å². The third-order valence-electron chi connectivity index (χ3n) is 2.91. The zero-order valence-electron chi connectivity index (χ0n) is 11.6. The fourth-order valence-corrected chi connectivity index (χ4v) is 2.00. The highest BCUT2D eigenvalue weighted by Crippen LogP contribution is 2.29. The summed E-state index contributed by atoms with van der Waals surface area (Å²) in [6.45, 7) is 5.69. The maximum Gasteiger partial charge on any atom is 0.230 e. The highest BCUT2D eigenvalue weighted by atomic mass is 35.5. The topological polar surface area (TPSA) is 72.0 Å². The van der Waals surface area contributed by atoms with Crippen molar-refractivity contribution in [3.05, 3.63) is 51.7 Å². The summed E-state index contributed by atoms with van der Waals surface area (Å²) < 4.78 is 5.78. The lowest BCUT2D eigenvalue weighted by Gasteiger charge is -2.12. The van der Waals surface area contributed by atoms with Crippen molar-refractivity contribution in [3.8, 4) is 11.6 Å². The molecule has 1 heterocycles. The summed E-state index contributed by atoms with van der Waals surface area (Å²) >= 11 is 6.13. The monoisotopic (exact) mass is 289 g/mol. The Morgan fingerprint density at radius 1 is 1.20 bits per heavy atom. The number of nitrogens with zero attached hydrogens (tertiary/aromatic N) is 1. The van der Waals surface area contributed by atoms with Gasteiger partial charge in [0.1, 0.15) is 11.6 Å². The normalized spacial score (nSPS) is 10.4. The number of nitrogens with one attached hydrogen (secondary N) is 1.